The molecule has 4 amide bonds. The van der Waals surface area contributed by atoms with E-state index in [2.05, 4.69) is 26.4 Å². The number of amides is 4. The van der Waals surface area contributed by atoms with Crippen molar-refractivity contribution < 1.29 is 29.0 Å². The zero-order valence-corrected chi connectivity index (χ0v) is 29.0. The summed E-state index contributed by atoms with van der Waals surface area (Å²) in [4.78, 5) is 51.8. The molecule has 0 saturated heterocycles. The lowest BCUT2D eigenvalue weighted by Crippen LogP contribution is -2.54. The maximum atomic E-state index is 13.4. The molecule has 1 aromatic heterocycles. The Kier molecular flexibility index (Phi) is 17.4. The zero-order valence-electron chi connectivity index (χ0n) is 28.2. The Morgan fingerprint density at radius 2 is 1.59 bits per heavy atom. The number of aromatic nitrogens is 2. The molecule has 0 saturated carbocycles. The Balaban J connectivity index is 2.89. The molecule has 0 radical (unpaired) electrons. The van der Waals surface area contributed by atoms with Gasteiger partial charge in [0.25, 0.3) is 0 Å². The first-order chi connectivity index (χ1) is 20.5. The molecule has 0 aromatic carbocycles. The van der Waals surface area contributed by atoms with E-state index in [-0.39, 0.29) is 42.7 Å². The van der Waals surface area contributed by atoms with Gasteiger partial charge in [-0.25, -0.2) is 9.48 Å². The number of aliphatic hydroxyl groups excluding tert-OH is 1. The Hall–Kier alpha value is -2.80. The molecule has 1 aromatic rings. The first-order valence-electron chi connectivity index (χ1n) is 15.5. The van der Waals surface area contributed by atoms with Crippen LogP contribution in [0.25, 0.3) is 0 Å². The third-order valence-corrected chi connectivity index (χ3v) is 7.78. The molecule has 0 aliphatic rings. The van der Waals surface area contributed by atoms with Gasteiger partial charge in [-0.3, -0.25) is 14.4 Å². The molecule has 0 fully saturated rings. The van der Waals surface area contributed by atoms with Crippen molar-refractivity contribution in [1.82, 2.24) is 31.0 Å². The van der Waals surface area contributed by atoms with E-state index in [1.807, 2.05) is 67.7 Å². The number of aliphatic hydroxyl groups is 1. The van der Waals surface area contributed by atoms with Crippen molar-refractivity contribution in [2.75, 3.05) is 18.6 Å². The number of aryl methyl sites for hydroxylation is 2. The van der Waals surface area contributed by atoms with Crippen molar-refractivity contribution >= 4 is 35.6 Å². The number of ether oxygens (including phenoxy) is 1. The van der Waals surface area contributed by atoms with Crippen LogP contribution < -0.4 is 21.3 Å². The number of carbonyl (C=O) groups excluding carboxylic acids is 4. The lowest BCUT2D eigenvalue weighted by molar-refractivity contribution is -0.132. The molecule has 1 heterocycles. The van der Waals surface area contributed by atoms with E-state index in [9.17, 15) is 24.3 Å². The summed E-state index contributed by atoms with van der Waals surface area (Å²) in [6.07, 6.45) is 1.03. The highest BCUT2D eigenvalue weighted by Gasteiger charge is 2.31. The largest absolute Gasteiger partial charge is 0.426 e. The van der Waals surface area contributed by atoms with Crippen LogP contribution in [0, 0.1) is 37.5 Å². The number of nitrogens with one attached hydrogen (secondary N) is 4. The number of alkyl carbamates (subject to hydrolysis) is 1. The second-order valence-corrected chi connectivity index (χ2v) is 13.8. The number of nitrogens with zero attached hydrogens (tertiary/aromatic N) is 2. The molecule has 1 rings (SSSR count). The van der Waals surface area contributed by atoms with Crippen LogP contribution in [0.3, 0.4) is 0 Å². The molecule has 0 bridgehead atoms. The summed E-state index contributed by atoms with van der Waals surface area (Å²) in [6.45, 7) is 17.5. The van der Waals surface area contributed by atoms with Crippen molar-refractivity contribution in [2.45, 2.75) is 113 Å². The van der Waals surface area contributed by atoms with Crippen molar-refractivity contribution in [2.24, 2.45) is 23.7 Å². The second kappa shape index (κ2) is 19.6. The van der Waals surface area contributed by atoms with E-state index in [1.54, 1.807) is 23.4 Å². The highest BCUT2D eigenvalue weighted by molar-refractivity contribution is 7.98. The SMILES string of the molecule is CSCC[C@H](NC(=O)OCn1nc(C)cc1C)C(=O)N[C@@H](CC(C)C)[C@@H](O)C[C@@H](C)C(=O)N[C@H](C(=O)NCC(C)C)C(C)C. The van der Waals surface area contributed by atoms with Crippen LogP contribution in [0.2, 0.25) is 0 Å². The minimum Gasteiger partial charge on any atom is -0.426 e. The lowest BCUT2D eigenvalue weighted by atomic mass is 9.91. The predicted molar refractivity (Wildman–Crippen MR) is 174 cm³/mol. The number of thioether (sulfide) groups is 1. The molecule has 0 aliphatic heterocycles. The smallest absolute Gasteiger partial charge is 0.409 e. The normalized spacial score (nSPS) is 15.0. The summed E-state index contributed by atoms with van der Waals surface area (Å²) in [6, 6.07) is -0.365. The van der Waals surface area contributed by atoms with Crippen molar-refractivity contribution in [3.8, 4) is 0 Å². The molecule has 0 spiro atoms. The van der Waals surface area contributed by atoms with Crippen LogP contribution in [0.15, 0.2) is 6.07 Å². The summed E-state index contributed by atoms with van der Waals surface area (Å²) >= 11 is 1.54. The molecule has 0 aliphatic carbocycles. The number of rotatable bonds is 19. The van der Waals surface area contributed by atoms with E-state index < -0.39 is 42.1 Å². The number of carbonyl (C=O) groups is 4. The van der Waals surface area contributed by atoms with Crippen LogP contribution >= 0.6 is 11.8 Å². The average Bonchev–Trinajstić information content (AvgIpc) is 3.26. The maximum absolute atomic E-state index is 13.4. The summed E-state index contributed by atoms with van der Waals surface area (Å²) in [5, 5.41) is 26.7. The third-order valence-electron chi connectivity index (χ3n) is 7.13. The van der Waals surface area contributed by atoms with Crippen LogP contribution in [0.4, 0.5) is 4.79 Å². The molecule has 5 N–H and O–H groups in total. The Bertz CT molecular complexity index is 1060. The Morgan fingerprint density at radius 1 is 0.932 bits per heavy atom. The molecule has 5 atom stereocenters. The number of hydrogen-bond donors (Lipinski definition) is 5. The van der Waals surface area contributed by atoms with Gasteiger partial charge in [0.2, 0.25) is 17.7 Å². The monoisotopic (exact) mass is 640 g/mol. The summed E-state index contributed by atoms with van der Waals surface area (Å²) in [5.41, 5.74) is 1.65. The second-order valence-electron chi connectivity index (χ2n) is 12.8. The fourth-order valence-electron chi connectivity index (χ4n) is 4.60. The van der Waals surface area contributed by atoms with Crippen LogP contribution in [0.5, 0.6) is 0 Å². The van der Waals surface area contributed by atoms with E-state index in [0.717, 1.165) is 11.4 Å². The first kappa shape index (κ1) is 39.2. The van der Waals surface area contributed by atoms with Gasteiger partial charge in [0.15, 0.2) is 6.73 Å². The van der Waals surface area contributed by atoms with Gasteiger partial charge in [0, 0.05) is 18.2 Å². The minimum absolute atomic E-state index is 0.0789. The lowest BCUT2D eigenvalue weighted by Gasteiger charge is -2.30. The van der Waals surface area contributed by atoms with Crippen molar-refractivity contribution in [1.29, 1.82) is 0 Å². The Morgan fingerprint density at radius 3 is 2.11 bits per heavy atom. The molecule has 44 heavy (non-hydrogen) atoms. The van der Waals surface area contributed by atoms with Gasteiger partial charge in [-0.2, -0.15) is 16.9 Å². The highest BCUT2D eigenvalue weighted by Crippen LogP contribution is 2.17. The van der Waals surface area contributed by atoms with Crippen LogP contribution in [-0.2, 0) is 25.9 Å². The van der Waals surface area contributed by atoms with Gasteiger partial charge in [0.1, 0.15) is 12.1 Å². The summed E-state index contributed by atoms with van der Waals surface area (Å²) in [5.74, 6) is -0.734. The fourth-order valence-corrected chi connectivity index (χ4v) is 5.07. The van der Waals surface area contributed by atoms with Crippen molar-refractivity contribution in [3.63, 3.8) is 0 Å². The standard InChI is InChI=1S/C31H56N6O6S/c1-18(2)13-25(26(38)14-21(7)28(39)35-27(20(5)6)30(41)32-16-19(3)4)33-29(40)24(11-12-44-10)34-31(42)43-17-37-23(9)15-22(8)36-37/h15,18-21,24-27,38H,11-14,16-17H2,1-10H3,(H,32,41)(H,33,40)(H,34,42)(H,35,39)/t21-,24+,25+,26+,27+/m1/s1. The quantitative estimate of drug-likeness (QED) is 0.154. The molecule has 12 nitrogen and oxygen atoms in total. The van der Waals surface area contributed by atoms with Crippen LogP contribution in [0.1, 0.15) is 79.1 Å². The minimum atomic E-state index is -1.03. The highest BCUT2D eigenvalue weighted by atomic mass is 32.2. The first-order valence-corrected chi connectivity index (χ1v) is 16.9. The van der Waals surface area contributed by atoms with Gasteiger partial charge >= 0.3 is 6.09 Å². The van der Waals surface area contributed by atoms with E-state index in [4.69, 9.17) is 4.74 Å². The Labute approximate surface area is 267 Å². The van der Waals surface area contributed by atoms with E-state index in [0.29, 0.717) is 25.1 Å². The molecular weight excluding hydrogens is 584 g/mol. The molecule has 0 unspecified atom stereocenters. The van der Waals surface area contributed by atoms with Gasteiger partial charge < -0.3 is 31.1 Å². The molecule has 13 heteroatoms. The van der Waals surface area contributed by atoms with E-state index >= 15 is 0 Å². The maximum Gasteiger partial charge on any atom is 0.409 e. The average molecular weight is 641 g/mol. The third kappa shape index (κ3) is 14.3. The number of hydrogen-bond acceptors (Lipinski definition) is 8. The summed E-state index contributed by atoms with van der Waals surface area (Å²) < 4.78 is 6.87. The topological polar surface area (TPSA) is 164 Å². The fraction of sp³-hybridized carbons (Fsp3) is 0.774. The molecule has 252 valence electrons. The van der Waals surface area contributed by atoms with Gasteiger partial charge in [-0.15, -0.1) is 0 Å². The van der Waals surface area contributed by atoms with Crippen molar-refractivity contribution in [3.05, 3.63) is 17.5 Å². The van der Waals surface area contributed by atoms with E-state index in [1.165, 1.54) is 0 Å². The van der Waals surface area contributed by atoms with Gasteiger partial charge in [0.05, 0.1) is 17.8 Å². The zero-order chi connectivity index (χ0) is 33.6. The molecular formula is C31H56N6O6S. The van der Waals surface area contributed by atoms with Gasteiger partial charge in [-0.1, -0.05) is 48.5 Å². The predicted octanol–water partition coefficient (Wildman–Crippen LogP) is 3.14. The van der Waals surface area contributed by atoms with Crippen LogP contribution in [-0.4, -0.2) is 81.5 Å². The van der Waals surface area contributed by atoms with Gasteiger partial charge in [-0.05, 0) is 68.9 Å². The summed E-state index contributed by atoms with van der Waals surface area (Å²) in [7, 11) is 0.